The molecule has 3 N–H and O–H groups in total. The van der Waals surface area contributed by atoms with E-state index in [1.54, 1.807) is 6.07 Å². The fourth-order valence-electron chi connectivity index (χ4n) is 3.04. The van der Waals surface area contributed by atoms with Gasteiger partial charge in [-0.2, -0.15) is 0 Å². The predicted octanol–water partition coefficient (Wildman–Crippen LogP) is 2.40. The van der Waals surface area contributed by atoms with E-state index in [2.05, 4.69) is 16.0 Å². The third kappa shape index (κ3) is 5.17. The highest BCUT2D eigenvalue weighted by molar-refractivity contribution is 5.94. The zero-order valence-electron chi connectivity index (χ0n) is 15.9. The second kappa shape index (κ2) is 8.82. The summed E-state index contributed by atoms with van der Waals surface area (Å²) >= 11 is 0. The van der Waals surface area contributed by atoms with Crippen LogP contribution in [0.1, 0.15) is 34.0 Å². The molecule has 2 amide bonds. The summed E-state index contributed by atoms with van der Waals surface area (Å²) < 4.78 is 0. The van der Waals surface area contributed by atoms with Crippen LogP contribution in [0.15, 0.2) is 48.5 Å². The monoisotopic (exact) mass is 365 g/mol. The van der Waals surface area contributed by atoms with Crippen LogP contribution in [-0.2, 0) is 17.9 Å². The van der Waals surface area contributed by atoms with Gasteiger partial charge in [-0.3, -0.25) is 9.59 Å². The van der Waals surface area contributed by atoms with E-state index in [9.17, 15) is 9.59 Å². The third-order valence-electron chi connectivity index (χ3n) is 5.16. The van der Waals surface area contributed by atoms with Crippen molar-refractivity contribution in [1.82, 2.24) is 16.0 Å². The molecule has 1 aliphatic rings. The Labute approximate surface area is 160 Å². The number of rotatable bonds is 7. The highest BCUT2D eigenvalue weighted by Crippen LogP contribution is 2.16. The van der Waals surface area contributed by atoms with Crippen molar-refractivity contribution in [2.75, 3.05) is 13.1 Å². The number of hydrogen-bond donors (Lipinski definition) is 3. The van der Waals surface area contributed by atoms with E-state index < -0.39 is 0 Å². The van der Waals surface area contributed by atoms with E-state index in [4.69, 9.17) is 0 Å². The Balaban J connectivity index is 1.52. The van der Waals surface area contributed by atoms with Gasteiger partial charge < -0.3 is 16.0 Å². The lowest BCUT2D eigenvalue weighted by atomic mass is 9.88. The highest BCUT2D eigenvalue weighted by atomic mass is 16.2. The van der Waals surface area contributed by atoms with Crippen LogP contribution in [0.25, 0.3) is 0 Å². The molecule has 0 radical (unpaired) electrons. The van der Waals surface area contributed by atoms with Gasteiger partial charge in [-0.1, -0.05) is 48.9 Å². The first-order valence-corrected chi connectivity index (χ1v) is 9.44. The molecule has 1 fully saturated rings. The van der Waals surface area contributed by atoms with Crippen molar-refractivity contribution in [1.29, 1.82) is 0 Å². The summed E-state index contributed by atoms with van der Waals surface area (Å²) in [4.78, 5) is 24.6. The van der Waals surface area contributed by atoms with Crippen LogP contribution in [0, 0.1) is 18.8 Å². The summed E-state index contributed by atoms with van der Waals surface area (Å²) in [6, 6.07) is 15.5. The van der Waals surface area contributed by atoms with Gasteiger partial charge in [0.1, 0.15) is 0 Å². The van der Waals surface area contributed by atoms with Crippen molar-refractivity contribution < 1.29 is 9.59 Å². The average molecular weight is 365 g/mol. The van der Waals surface area contributed by atoms with Crippen LogP contribution >= 0.6 is 0 Å². The molecule has 0 spiro atoms. The van der Waals surface area contributed by atoms with Gasteiger partial charge in [-0.15, -0.1) is 0 Å². The molecule has 0 aliphatic carbocycles. The molecule has 142 valence electrons. The summed E-state index contributed by atoms with van der Waals surface area (Å²) in [6.07, 6.45) is 0. The van der Waals surface area contributed by atoms with E-state index in [1.165, 1.54) is 5.56 Å². The molecule has 27 heavy (non-hydrogen) atoms. The lowest BCUT2D eigenvalue weighted by Crippen LogP contribution is -2.49. The molecule has 3 rings (SSSR count). The minimum Gasteiger partial charge on any atom is -0.352 e. The van der Waals surface area contributed by atoms with Crippen LogP contribution in [0.3, 0.4) is 0 Å². The van der Waals surface area contributed by atoms with E-state index in [1.807, 2.05) is 56.3 Å². The second-order valence-electron chi connectivity index (χ2n) is 7.29. The number of amides is 2. The zero-order valence-corrected chi connectivity index (χ0v) is 15.9. The second-order valence-corrected chi connectivity index (χ2v) is 7.29. The van der Waals surface area contributed by atoms with Crippen molar-refractivity contribution in [2.24, 2.45) is 11.8 Å². The molecule has 0 aromatic heterocycles. The fraction of sp³-hybridized carbons (Fsp3) is 0.364. The summed E-state index contributed by atoms with van der Waals surface area (Å²) in [7, 11) is 0. The summed E-state index contributed by atoms with van der Waals surface area (Å²) in [6.45, 7) is 6.75. The van der Waals surface area contributed by atoms with E-state index in [0.29, 0.717) is 24.6 Å². The van der Waals surface area contributed by atoms with Gasteiger partial charge in [0.2, 0.25) is 5.91 Å². The maximum Gasteiger partial charge on any atom is 0.251 e. The first-order valence-electron chi connectivity index (χ1n) is 9.44. The van der Waals surface area contributed by atoms with Gasteiger partial charge in [0.15, 0.2) is 0 Å². The number of benzene rings is 2. The van der Waals surface area contributed by atoms with Crippen molar-refractivity contribution in [3.63, 3.8) is 0 Å². The Morgan fingerprint density at radius 2 is 1.74 bits per heavy atom. The SMILES string of the molecule is Cc1ccc(CNC(=O)c2cccc(CNC(=O)C(C)C3CNC3)c2)cc1. The average Bonchev–Trinajstić information content (AvgIpc) is 2.64. The Morgan fingerprint density at radius 3 is 2.41 bits per heavy atom. The normalized spacial score (nSPS) is 14.9. The summed E-state index contributed by atoms with van der Waals surface area (Å²) in [5, 5.41) is 9.11. The van der Waals surface area contributed by atoms with Crippen molar-refractivity contribution in [2.45, 2.75) is 26.9 Å². The number of aryl methyl sites for hydroxylation is 1. The number of nitrogens with one attached hydrogen (secondary N) is 3. The van der Waals surface area contributed by atoms with E-state index >= 15 is 0 Å². The molecule has 1 saturated heterocycles. The van der Waals surface area contributed by atoms with Gasteiger partial charge in [0.25, 0.3) is 5.91 Å². The molecule has 5 nitrogen and oxygen atoms in total. The number of carbonyl (C=O) groups is 2. The molecular weight excluding hydrogens is 338 g/mol. The quantitative estimate of drug-likeness (QED) is 0.706. The largest absolute Gasteiger partial charge is 0.352 e. The van der Waals surface area contributed by atoms with Crippen molar-refractivity contribution in [3.05, 3.63) is 70.8 Å². The molecule has 1 aliphatic heterocycles. The first kappa shape index (κ1) is 19.1. The molecule has 5 heteroatoms. The van der Waals surface area contributed by atoms with E-state index in [0.717, 1.165) is 24.2 Å². The van der Waals surface area contributed by atoms with Crippen molar-refractivity contribution in [3.8, 4) is 0 Å². The Kier molecular flexibility index (Phi) is 6.24. The van der Waals surface area contributed by atoms with Crippen LogP contribution in [0.5, 0.6) is 0 Å². The molecule has 2 aromatic carbocycles. The smallest absolute Gasteiger partial charge is 0.251 e. The van der Waals surface area contributed by atoms with Gasteiger partial charge >= 0.3 is 0 Å². The molecule has 2 aromatic rings. The van der Waals surface area contributed by atoms with Gasteiger partial charge in [-0.25, -0.2) is 0 Å². The lowest BCUT2D eigenvalue weighted by molar-refractivity contribution is -0.126. The fourth-order valence-corrected chi connectivity index (χ4v) is 3.04. The van der Waals surface area contributed by atoms with Gasteiger partial charge in [0, 0.05) is 24.6 Å². The zero-order chi connectivity index (χ0) is 19.2. The van der Waals surface area contributed by atoms with Crippen molar-refractivity contribution >= 4 is 11.8 Å². The third-order valence-corrected chi connectivity index (χ3v) is 5.16. The predicted molar refractivity (Wildman–Crippen MR) is 106 cm³/mol. The van der Waals surface area contributed by atoms with Crippen LogP contribution in [0.4, 0.5) is 0 Å². The Bertz CT molecular complexity index is 797. The molecular formula is C22H27N3O2. The highest BCUT2D eigenvalue weighted by Gasteiger charge is 2.28. The molecule has 0 bridgehead atoms. The van der Waals surface area contributed by atoms with Crippen LogP contribution in [0.2, 0.25) is 0 Å². The standard InChI is InChI=1S/C22H27N3O2/c1-15-6-8-17(9-7-15)11-25-22(27)19-5-3-4-18(10-19)12-24-21(26)16(2)20-13-23-14-20/h3-10,16,20,23H,11-14H2,1-2H3,(H,24,26)(H,25,27). The minimum absolute atomic E-state index is 0.00670. The lowest BCUT2D eigenvalue weighted by Gasteiger charge is -2.31. The molecule has 1 atom stereocenters. The minimum atomic E-state index is -0.113. The van der Waals surface area contributed by atoms with E-state index in [-0.39, 0.29) is 17.7 Å². The number of hydrogen-bond acceptors (Lipinski definition) is 3. The van der Waals surface area contributed by atoms with Gasteiger partial charge in [-0.05, 0) is 49.2 Å². The molecule has 0 saturated carbocycles. The Hall–Kier alpha value is -2.66. The Morgan fingerprint density at radius 1 is 1.04 bits per heavy atom. The summed E-state index contributed by atoms with van der Waals surface area (Å²) in [5.41, 5.74) is 3.79. The van der Waals surface area contributed by atoms with Gasteiger partial charge in [0.05, 0.1) is 0 Å². The number of carbonyl (C=O) groups excluding carboxylic acids is 2. The maximum absolute atomic E-state index is 12.4. The molecule has 1 heterocycles. The summed E-state index contributed by atoms with van der Waals surface area (Å²) in [5.74, 6) is 0.379. The van der Waals surface area contributed by atoms with Crippen LogP contribution in [-0.4, -0.2) is 24.9 Å². The topological polar surface area (TPSA) is 70.2 Å². The molecule has 1 unspecified atom stereocenters. The van der Waals surface area contributed by atoms with Crippen LogP contribution < -0.4 is 16.0 Å². The first-order chi connectivity index (χ1) is 13.0. The maximum atomic E-state index is 12.4.